The zero-order valence-electron chi connectivity index (χ0n) is 8.33. The summed E-state index contributed by atoms with van der Waals surface area (Å²) in [6.45, 7) is 0. The van der Waals surface area contributed by atoms with Crippen LogP contribution in [0.1, 0.15) is 22.5 Å². The Kier molecular flexibility index (Phi) is 3.58. The zero-order valence-corrected chi connectivity index (χ0v) is 8.33. The molecule has 0 saturated heterocycles. The summed E-state index contributed by atoms with van der Waals surface area (Å²) < 4.78 is 63.9. The highest BCUT2D eigenvalue weighted by atomic mass is 19.4. The van der Waals surface area contributed by atoms with Crippen molar-refractivity contribution in [1.82, 2.24) is 4.98 Å². The number of nitrogens with zero attached hydrogens (tertiary/aromatic N) is 1. The Balaban J connectivity index is 3.32. The molecular formula is C8H5F5N2O3. The number of aromatic carboxylic acids is 1. The first-order valence-corrected chi connectivity index (χ1v) is 4.19. The van der Waals surface area contributed by atoms with Crippen molar-refractivity contribution in [3.05, 3.63) is 17.3 Å². The number of hydrogen-bond acceptors (Lipinski definition) is 4. The Hall–Kier alpha value is -2.13. The summed E-state index contributed by atoms with van der Waals surface area (Å²) in [5, 5.41) is 8.57. The third-order valence-corrected chi connectivity index (χ3v) is 1.71. The Bertz CT molecular complexity index is 475. The second-order valence-corrected chi connectivity index (χ2v) is 2.97. The molecule has 1 rings (SSSR count). The van der Waals surface area contributed by atoms with Crippen molar-refractivity contribution in [1.29, 1.82) is 0 Å². The van der Waals surface area contributed by atoms with Crippen molar-refractivity contribution >= 4 is 11.7 Å². The lowest BCUT2D eigenvalue weighted by Crippen LogP contribution is -2.20. The molecule has 3 N–H and O–H groups in total. The Morgan fingerprint density at radius 2 is 2.00 bits per heavy atom. The molecule has 10 heteroatoms. The fraction of sp³-hybridized carbons (Fsp3) is 0.250. The predicted molar refractivity (Wildman–Crippen MR) is 47.2 cm³/mol. The topological polar surface area (TPSA) is 85.4 Å². The van der Waals surface area contributed by atoms with Gasteiger partial charge < -0.3 is 15.6 Å². The molecule has 5 nitrogen and oxygen atoms in total. The summed E-state index contributed by atoms with van der Waals surface area (Å²) in [7, 11) is 0. The predicted octanol–water partition coefficient (Wildman–Crippen LogP) is 2.20. The van der Waals surface area contributed by atoms with Crippen LogP contribution in [-0.4, -0.2) is 22.4 Å². The van der Waals surface area contributed by atoms with E-state index in [0.29, 0.717) is 6.07 Å². The average molecular weight is 272 g/mol. The second-order valence-electron chi connectivity index (χ2n) is 2.97. The van der Waals surface area contributed by atoms with Crippen LogP contribution in [0.15, 0.2) is 6.07 Å². The van der Waals surface area contributed by atoms with Gasteiger partial charge in [-0.1, -0.05) is 0 Å². The van der Waals surface area contributed by atoms with Gasteiger partial charge in [0.05, 0.1) is 5.56 Å². The maximum absolute atomic E-state index is 12.5. The number of rotatable bonds is 3. The minimum absolute atomic E-state index is 0.376. The highest BCUT2D eigenvalue weighted by Crippen LogP contribution is 2.32. The van der Waals surface area contributed by atoms with E-state index >= 15 is 0 Å². The second kappa shape index (κ2) is 4.63. The van der Waals surface area contributed by atoms with Gasteiger partial charge in [-0.15, -0.1) is 13.2 Å². The summed E-state index contributed by atoms with van der Waals surface area (Å²) in [5.74, 6) is -3.16. The van der Waals surface area contributed by atoms with E-state index in [9.17, 15) is 26.7 Å². The molecular weight excluding hydrogens is 267 g/mol. The van der Waals surface area contributed by atoms with E-state index in [4.69, 9.17) is 10.8 Å². The van der Waals surface area contributed by atoms with E-state index < -0.39 is 41.6 Å². The molecule has 0 atom stereocenters. The van der Waals surface area contributed by atoms with Gasteiger partial charge >= 0.3 is 12.3 Å². The number of alkyl halides is 5. The third-order valence-electron chi connectivity index (χ3n) is 1.71. The van der Waals surface area contributed by atoms with E-state index in [2.05, 4.69) is 9.72 Å². The van der Waals surface area contributed by atoms with Crippen LogP contribution in [0.5, 0.6) is 5.88 Å². The number of carbonyl (C=O) groups is 1. The SMILES string of the molecule is Nc1cc(OC(F)(F)F)nc(C(=O)O)c1C(F)F. The summed E-state index contributed by atoms with van der Waals surface area (Å²) in [6.07, 6.45) is -8.43. The van der Waals surface area contributed by atoms with Gasteiger partial charge in [-0.05, 0) is 0 Å². The summed E-state index contributed by atoms with van der Waals surface area (Å²) in [4.78, 5) is 13.4. The van der Waals surface area contributed by atoms with Gasteiger partial charge in [-0.2, -0.15) is 0 Å². The monoisotopic (exact) mass is 272 g/mol. The summed E-state index contributed by atoms with van der Waals surface area (Å²) in [6, 6.07) is 0.376. The minimum atomic E-state index is -5.14. The van der Waals surface area contributed by atoms with Crippen LogP contribution in [0.3, 0.4) is 0 Å². The van der Waals surface area contributed by atoms with Gasteiger partial charge in [0, 0.05) is 11.8 Å². The molecule has 0 unspecified atom stereocenters. The van der Waals surface area contributed by atoms with Crippen LogP contribution >= 0.6 is 0 Å². The van der Waals surface area contributed by atoms with Gasteiger partial charge in [0.2, 0.25) is 5.88 Å². The van der Waals surface area contributed by atoms with E-state index in [1.165, 1.54) is 0 Å². The molecule has 0 amide bonds. The number of pyridine rings is 1. The van der Waals surface area contributed by atoms with Crippen molar-refractivity contribution in [2.45, 2.75) is 12.8 Å². The van der Waals surface area contributed by atoms with Crippen molar-refractivity contribution in [2.75, 3.05) is 5.73 Å². The molecule has 1 aromatic rings. The molecule has 0 aliphatic rings. The maximum atomic E-state index is 12.5. The van der Waals surface area contributed by atoms with Crippen LogP contribution < -0.4 is 10.5 Å². The standard InChI is InChI=1S/C8H5F5N2O3/c9-6(10)4-2(14)1-3(18-8(11,12)13)15-5(4)7(16)17/h1,6H,(H2,14,15)(H,16,17). The number of anilines is 1. The molecule has 0 aliphatic carbocycles. The molecule has 18 heavy (non-hydrogen) atoms. The lowest BCUT2D eigenvalue weighted by Gasteiger charge is -2.12. The number of hydrogen-bond donors (Lipinski definition) is 2. The number of carboxylic acids is 1. The highest BCUT2D eigenvalue weighted by Gasteiger charge is 2.33. The first kappa shape index (κ1) is 13.9. The molecule has 0 spiro atoms. The Labute approximate surface area is 96.0 Å². The zero-order chi connectivity index (χ0) is 14.1. The van der Waals surface area contributed by atoms with Crippen molar-refractivity contribution < 1.29 is 36.6 Å². The van der Waals surface area contributed by atoms with E-state index in [0.717, 1.165) is 0 Å². The van der Waals surface area contributed by atoms with E-state index in [1.807, 2.05) is 0 Å². The number of aromatic nitrogens is 1. The fourth-order valence-corrected chi connectivity index (χ4v) is 1.11. The highest BCUT2D eigenvalue weighted by molar-refractivity contribution is 5.89. The fourth-order valence-electron chi connectivity index (χ4n) is 1.11. The molecule has 0 radical (unpaired) electrons. The molecule has 1 aromatic heterocycles. The quantitative estimate of drug-likeness (QED) is 0.824. The van der Waals surface area contributed by atoms with Crippen LogP contribution in [0, 0.1) is 0 Å². The Morgan fingerprint density at radius 3 is 2.39 bits per heavy atom. The first-order valence-electron chi connectivity index (χ1n) is 4.19. The van der Waals surface area contributed by atoms with Gasteiger partial charge in [0.25, 0.3) is 6.43 Å². The summed E-state index contributed by atoms with van der Waals surface area (Å²) >= 11 is 0. The van der Waals surface area contributed by atoms with Crippen LogP contribution in [0.2, 0.25) is 0 Å². The van der Waals surface area contributed by atoms with Crippen LogP contribution in [0.4, 0.5) is 27.6 Å². The van der Waals surface area contributed by atoms with Crippen LogP contribution in [0.25, 0.3) is 0 Å². The first-order chi connectivity index (χ1) is 8.11. The van der Waals surface area contributed by atoms with Gasteiger partial charge in [0.1, 0.15) is 0 Å². The molecule has 0 aliphatic heterocycles. The van der Waals surface area contributed by atoms with Crippen LogP contribution in [-0.2, 0) is 0 Å². The molecule has 100 valence electrons. The third kappa shape index (κ3) is 3.18. The largest absolute Gasteiger partial charge is 0.574 e. The molecule has 0 aromatic carbocycles. The summed E-state index contributed by atoms with van der Waals surface area (Å²) in [5.41, 5.74) is 1.76. The lowest BCUT2D eigenvalue weighted by atomic mass is 10.1. The van der Waals surface area contributed by atoms with Crippen molar-refractivity contribution in [3.8, 4) is 5.88 Å². The van der Waals surface area contributed by atoms with Crippen molar-refractivity contribution in [3.63, 3.8) is 0 Å². The molecule has 1 heterocycles. The molecule has 0 fully saturated rings. The van der Waals surface area contributed by atoms with Gasteiger partial charge in [-0.25, -0.2) is 18.6 Å². The van der Waals surface area contributed by atoms with Crippen molar-refractivity contribution in [2.24, 2.45) is 0 Å². The van der Waals surface area contributed by atoms with Gasteiger partial charge in [0.15, 0.2) is 5.69 Å². The van der Waals surface area contributed by atoms with E-state index in [1.54, 1.807) is 0 Å². The lowest BCUT2D eigenvalue weighted by molar-refractivity contribution is -0.276. The molecule has 0 bridgehead atoms. The average Bonchev–Trinajstić information content (AvgIpc) is 2.12. The van der Waals surface area contributed by atoms with E-state index in [-0.39, 0.29) is 0 Å². The minimum Gasteiger partial charge on any atom is -0.476 e. The molecule has 0 saturated carbocycles. The van der Waals surface area contributed by atoms with Gasteiger partial charge in [-0.3, -0.25) is 0 Å². The maximum Gasteiger partial charge on any atom is 0.574 e. The number of halogens is 5. The number of ether oxygens (including phenoxy) is 1. The normalized spacial score (nSPS) is 11.7. The Morgan fingerprint density at radius 1 is 1.44 bits per heavy atom. The number of nitrogens with two attached hydrogens (primary N) is 1. The smallest absolute Gasteiger partial charge is 0.476 e. The number of carboxylic acid groups (broad SMARTS) is 1. The number of nitrogen functional groups attached to an aromatic ring is 1.